The van der Waals surface area contributed by atoms with Gasteiger partial charge >= 0.3 is 0 Å². The molecular weight excluding hydrogens is 164 g/mol. The lowest BCUT2D eigenvalue weighted by molar-refractivity contribution is 0.515. The van der Waals surface area contributed by atoms with Crippen molar-refractivity contribution in [3.8, 4) is 0 Å². The minimum absolute atomic E-state index is 0.408. The number of aromatic nitrogens is 2. The Labute approximate surface area is 79.1 Å². The molecule has 0 unspecified atom stereocenters. The van der Waals surface area contributed by atoms with Crippen molar-refractivity contribution in [3.05, 3.63) is 17.0 Å². The molecule has 0 radical (unpaired) electrons. The third kappa shape index (κ3) is 1.89. The Kier molecular flexibility index (Phi) is 3.06. The largest absolute Gasteiger partial charge is 0.271 e. The molecule has 0 aliphatic heterocycles. The van der Waals surface area contributed by atoms with Gasteiger partial charge in [-0.3, -0.25) is 16.0 Å². The van der Waals surface area contributed by atoms with Crippen LogP contribution in [0.4, 0.5) is 0 Å². The molecule has 0 aromatic carbocycles. The van der Waals surface area contributed by atoms with Crippen LogP contribution in [0.15, 0.2) is 0 Å². The van der Waals surface area contributed by atoms with Crippen LogP contribution in [0.5, 0.6) is 0 Å². The average molecular weight is 182 g/mol. The molecule has 0 amide bonds. The van der Waals surface area contributed by atoms with Gasteiger partial charge in [0.25, 0.3) is 0 Å². The Morgan fingerprint density at radius 1 is 1.46 bits per heavy atom. The summed E-state index contributed by atoms with van der Waals surface area (Å²) in [6.45, 7) is 9.02. The summed E-state index contributed by atoms with van der Waals surface area (Å²) >= 11 is 0. The molecule has 0 fully saturated rings. The smallest absolute Gasteiger partial charge is 0.0642 e. The molecule has 74 valence electrons. The Bertz CT molecular complexity index is 288. The number of hydrogen-bond donors (Lipinski definition) is 2. The van der Waals surface area contributed by atoms with Crippen LogP contribution in [0.25, 0.3) is 0 Å². The van der Waals surface area contributed by atoms with Crippen molar-refractivity contribution in [1.82, 2.24) is 15.2 Å². The Hall–Kier alpha value is -0.870. The topological polar surface area (TPSA) is 55.9 Å². The van der Waals surface area contributed by atoms with E-state index in [1.807, 2.05) is 11.6 Å². The van der Waals surface area contributed by atoms with E-state index in [1.165, 1.54) is 11.3 Å². The van der Waals surface area contributed by atoms with E-state index in [0.717, 1.165) is 5.69 Å². The Morgan fingerprint density at radius 2 is 2.08 bits per heavy atom. The maximum Gasteiger partial charge on any atom is 0.0642 e. The summed E-state index contributed by atoms with van der Waals surface area (Å²) < 4.78 is 2.03. The molecule has 0 aliphatic rings. The van der Waals surface area contributed by atoms with Crippen molar-refractivity contribution in [2.24, 2.45) is 5.84 Å². The summed E-state index contributed by atoms with van der Waals surface area (Å²) in [6, 6.07) is 0.408. The zero-order chi connectivity index (χ0) is 10.0. The first-order chi connectivity index (χ1) is 6.07. The van der Waals surface area contributed by atoms with Gasteiger partial charge in [0.2, 0.25) is 0 Å². The second kappa shape index (κ2) is 3.89. The Morgan fingerprint density at radius 3 is 2.46 bits per heavy atom. The maximum atomic E-state index is 5.30. The third-order valence-corrected chi connectivity index (χ3v) is 2.24. The number of rotatable bonds is 3. The molecule has 0 bridgehead atoms. The van der Waals surface area contributed by atoms with Gasteiger partial charge in [-0.2, -0.15) is 5.10 Å². The molecule has 13 heavy (non-hydrogen) atoms. The molecule has 1 rings (SSSR count). The van der Waals surface area contributed by atoms with E-state index in [1.54, 1.807) is 0 Å². The fraction of sp³-hybridized carbons (Fsp3) is 0.667. The molecule has 0 saturated carbocycles. The molecule has 4 nitrogen and oxygen atoms in total. The van der Waals surface area contributed by atoms with Gasteiger partial charge in [-0.15, -0.1) is 0 Å². The van der Waals surface area contributed by atoms with Gasteiger partial charge in [-0.25, -0.2) is 0 Å². The average Bonchev–Trinajstić information content (AvgIpc) is 2.32. The summed E-state index contributed by atoms with van der Waals surface area (Å²) in [4.78, 5) is 0. The third-order valence-electron chi connectivity index (χ3n) is 2.24. The summed E-state index contributed by atoms with van der Waals surface area (Å²) in [5, 5.41) is 4.45. The molecule has 3 N–H and O–H groups in total. The van der Waals surface area contributed by atoms with Gasteiger partial charge in [0.15, 0.2) is 0 Å². The molecule has 0 spiro atoms. The van der Waals surface area contributed by atoms with Gasteiger partial charge in [0, 0.05) is 23.8 Å². The van der Waals surface area contributed by atoms with Crippen molar-refractivity contribution in [3.63, 3.8) is 0 Å². The van der Waals surface area contributed by atoms with Crippen LogP contribution in [-0.2, 0) is 6.54 Å². The molecule has 4 heteroatoms. The first kappa shape index (κ1) is 10.2. The lowest BCUT2D eigenvalue weighted by Crippen LogP contribution is -2.21. The lowest BCUT2D eigenvalue weighted by atomic mass is 10.2. The van der Waals surface area contributed by atoms with Crippen molar-refractivity contribution < 1.29 is 0 Å². The number of hydrogen-bond acceptors (Lipinski definition) is 3. The molecule has 1 aromatic rings. The first-order valence-corrected chi connectivity index (χ1v) is 4.56. The summed E-state index contributed by atoms with van der Waals surface area (Å²) in [5.41, 5.74) is 6.13. The highest BCUT2D eigenvalue weighted by Crippen LogP contribution is 2.16. The van der Waals surface area contributed by atoms with E-state index in [9.17, 15) is 0 Å². The summed E-state index contributed by atoms with van der Waals surface area (Å²) in [6.07, 6.45) is 0. The van der Waals surface area contributed by atoms with E-state index >= 15 is 0 Å². The zero-order valence-electron chi connectivity index (χ0n) is 8.76. The highest BCUT2D eigenvalue weighted by atomic mass is 15.3. The van der Waals surface area contributed by atoms with Gasteiger partial charge in [-0.05, 0) is 27.7 Å². The molecule has 1 aromatic heterocycles. The zero-order valence-corrected chi connectivity index (χ0v) is 8.76. The van der Waals surface area contributed by atoms with Gasteiger partial charge in [-0.1, -0.05) is 0 Å². The summed E-state index contributed by atoms with van der Waals surface area (Å²) in [5.74, 6) is 5.30. The molecule has 0 saturated heterocycles. The number of nitrogens with two attached hydrogens (primary N) is 1. The van der Waals surface area contributed by atoms with Crippen molar-refractivity contribution in [1.29, 1.82) is 0 Å². The lowest BCUT2D eigenvalue weighted by Gasteiger charge is -2.08. The Balaban J connectivity index is 3.07. The minimum Gasteiger partial charge on any atom is -0.271 e. The van der Waals surface area contributed by atoms with Gasteiger partial charge in [0.1, 0.15) is 0 Å². The van der Waals surface area contributed by atoms with E-state index in [4.69, 9.17) is 5.84 Å². The van der Waals surface area contributed by atoms with Crippen molar-refractivity contribution in [2.45, 2.75) is 40.3 Å². The number of aryl methyl sites for hydroxylation is 1. The molecule has 0 aliphatic carbocycles. The number of nitrogens with zero attached hydrogens (tertiary/aromatic N) is 2. The molecule has 0 atom stereocenters. The molecular formula is C9H18N4. The standard InChI is InChI=1S/C9H18N4/c1-6(2)13-8(4)9(5-11-10)7(3)12-13/h6,11H,5,10H2,1-4H3. The van der Waals surface area contributed by atoms with E-state index in [-0.39, 0.29) is 0 Å². The normalized spacial score (nSPS) is 11.2. The van der Waals surface area contributed by atoms with Crippen LogP contribution in [0, 0.1) is 13.8 Å². The monoisotopic (exact) mass is 182 g/mol. The molecule has 1 heterocycles. The van der Waals surface area contributed by atoms with E-state index in [2.05, 4.69) is 31.3 Å². The van der Waals surface area contributed by atoms with Crippen molar-refractivity contribution in [2.75, 3.05) is 0 Å². The van der Waals surface area contributed by atoms with Crippen LogP contribution >= 0.6 is 0 Å². The van der Waals surface area contributed by atoms with Gasteiger partial charge in [0.05, 0.1) is 5.69 Å². The van der Waals surface area contributed by atoms with E-state index in [0.29, 0.717) is 12.6 Å². The maximum absolute atomic E-state index is 5.30. The van der Waals surface area contributed by atoms with Crippen LogP contribution in [0.3, 0.4) is 0 Å². The van der Waals surface area contributed by atoms with E-state index < -0.39 is 0 Å². The van der Waals surface area contributed by atoms with Gasteiger partial charge < -0.3 is 0 Å². The fourth-order valence-corrected chi connectivity index (χ4v) is 1.56. The van der Waals surface area contributed by atoms with Crippen LogP contribution in [-0.4, -0.2) is 9.78 Å². The summed E-state index contributed by atoms with van der Waals surface area (Å²) in [7, 11) is 0. The van der Waals surface area contributed by atoms with Crippen LogP contribution < -0.4 is 11.3 Å². The fourth-order valence-electron chi connectivity index (χ4n) is 1.56. The number of nitrogens with one attached hydrogen (secondary N) is 1. The number of hydrazine groups is 1. The first-order valence-electron chi connectivity index (χ1n) is 4.56. The predicted octanol–water partition coefficient (Wildman–Crippen LogP) is 1.04. The van der Waals surface area contributed by atoms with Crippen molar-refractivity contribution >= 4 is 0 Å². The second-order valence-corrected chi connectivity index (χ2v) is 3.57. The highest BCUT2D eigenvalue weighted by molar-refractivity contribution is 5.24. The quantitative estimate of drug-likeness (QED) is 0.542. The highest BCUT2D eigenvalue weighted by Gasteiger charge is 2.11. The van der Waals surface area contributed by atoms with Crippen LogP contribution in [0.1, 0.15) is 36.8 Å². The van der Waals surface area contributed by atoms with Crippen LogP contribution in [0.2, 0.25) is 0 Å². The predicted molar refractivity (Wildman–Crippen MR) is 53.1 cm³/mol. The second-order valence-electron chi connectivity index (χ2n) is 3.57. The minimum atomic E-state index is 0.408. The SMILES string of the molecule is Cc1nn(C(C)C)c(C)c1CNN.